The van der Waals surface area contributed by atoms with Crippen molar-refractivity contribution in [1.29, 1.82) is 0 Å². The van der Waals surface area contributed by atoms with Crippen LogP contribution in [0.1, 0.15) is 0 Å². The molecule has 0 aliphatic rings. The number of para-hydroxylation sites is 1. The number of nitrogens with zero attached hydrogens (tertiary/aromatic N) is 2. The van der Waals surface area contributed by atoms with Gasteiger partial charge < -0.3 is 0 Å². The van der Waals surface area contributed by atoms with Crippen LogP contribution in [0.25, 0.3) is 11.0 Å². The Balaban J connectivity index is 2.01. The summed E-state index contributed by atoms with van der Waals surface area (Å²) < 4.78 is 39.6. The molecule has 102 valence electrons. The van der Waals surface area contributed by atoms with Gasteiger partial charge in [-0.2, -0.15) is 15.4 Å². The summed E-state index contributed by atoms with van der Waals surface area (Å²) in [4.78, 5) is -0.0283. The molecule has 0 aliphatic heterocycles. The number of fused-ring (bicyclic) bond motifs is 1. The fraction of sp³-hybridized carbons (Fsp3) is 0. The quantitative estimate of drug-likeness (QED) is 0.771. The minimum Gasteiger partial charge on any atom is -0.277 e. The molecule has 3 aromatic rings. The van der Waals surface area contributed by atoms with Crippen LogP contribution in [-0.2, 0) is 10.0 Å². The van der Waals surface area contributed by atoms with Crippen molar-refractivity contribution in [3.63, 3.8) is 0 Å². The number of benzene rings is 2. The van der Waals surface area contributed by atoms with Gasteiger partial charge in [0.2, 0.25) is 0 Å². The van der Waals surface area contributed by atoms with Crippen LogP contribution >= 0.6 is 0 Å². The van der Waals surface area contributed by atoms with Crippen LogP contribution in [0.4, 0.5) is 10.1 Å². The molecule has 0 saturated carbocycles. The lowest BCUT2D eigenvalue weighted by Crippen LogP contribution is -2.13. The fourth-order valence-corrected chi connectivity index (χ4v) is 2.83. The number of aromatic nitrogens is 3. The van der Waals surface area contributed by atoms with E-state index in [1.165, 1.54) is 12.1 Å². The Labute approximate surface area is 113 Å². The van der Waals surface area contributed by atoms with Gasteiger partial charge in [-0.25, -0.2) is 12.8 Å². The lowest BCUT2D eigenvalue weighted by atomic mass is 10.3. The van der Waals surface area contributed by atoms with Crippen molar-refractivity contribution in [3.05, 3.63) is 48.3 Å². The smallest absolute Gasteiger partial charge is 0.261 e. The molecular weight excluding hydrogens is 283 g/mol. The van der Waals surface area contributed by atoms with Crippen LogP contribution in [0.5, 0.6) is 0 Å². The van der Waals surface area contributed by atoms with Gasteiger partial charge in [0.1, 0.15) is 16.9 Å². The van der Waals surface area contributed by atoms with E-state index in [1.807, 2.05) is 0 Å². The predicted octanol–water partition coefficient (Wildman–Crippen LogP) is 1.90. The summed E-state index contributed by atoms with van der Waals surface area (Å²) in [6.45, 7) is 0. The molecule has 1 heterocycles. The summed E-state index contributed by atoms with van der Waals surface area (Å²) in [5.74, 6) is -0.498. The van der Waals surface area contributed by atoms with Crippen molar-refractivity contribution in [1.82, 2.24) is 15.4 Å². The van der Waals surface area contributed by atoms with Gasteiger partial charge >= 0.3 is 0 Å². The number of anilines is 1. The molecule has 8 heteroatoms. The Morgan fingerprint density at radius 2 is 1.80 bits per heavy atom. The van der Waals surface area contributed by atoms with E-state index in [1.54, 1.807) is 18.2 Å². The van der Waals surface area contributed by atoms with Crippen LogP contribution < -0.4 is 4.72 Å². The monoisotopic (exact) mass is 292 g/mol. The highest BCUT2D eigenvalue weighted by atomic mass is 32.2. The van der Waals surface area contributed by atoms with Crippen molar-refractivity contribution < 1.29 is 12.8 Å². The topological polar surface area (TPSA) is 87.7 Å². The maximum atomic E-state index is 12.8. The number of sulfonamides is 1. The second kappa shape index (κ2) is 4.57. The third-order valence-electron chi connectivity index (χ3n) is 2.72. The third-order valence-corrected chi connectivity index (χ3v) is 4.10. The Bertz CT molecular complexity index is 859. The largest absolute Gasteiger partial charge is 0.277 e. The Morgan fingerprint density at radius 1 is 1.05 bits per heavy atom. The highest BCUT2D eigenvalue weighted by molar-refractivity contribution is 7.92. The summed E-state index contributed by atoms with van der Waals surface area (Å²) in [6.07, 6.45) is 0. The SMILES string of the molecule is O=S(=O)(Nc1cccc2n[nH]nc12)c1ccc(F)cc1. The molecule has 2 N–H and O–H groups in total. The van der Waals surface area contributed by atoms with Crippen molar-refractivity contribution >= 4 is 26.7 Å². The minimum atomic E-state index is -3.80. The number of halogens is 1. The zero-order valence-electron chi connectivity index (χ0n) is 10.0. The van der Waals surface area contributed by atoms with E-state index < -0.39 is 15.8 Å². The van der Waals surface area contributed by atoms with Crippen LogP contribution in [0.3, 0.4) is 0 Å². The average molecular weight is 292 g/mol. The molecule has 20 heavy (non-hydrogen) atoms. The number of aromatic amines is 1. The standard InChI is InChI=1S/C12H9FN4O2S/c13-8-4-6-9(7-5-8)20(18,19)16-11-3-1-2-10-12(11)15-17-14-10/h1-7,16H,(H,14,15,17). The zero-order valence-corrected chi connectivity index (χ0v) is 10.9. The fourth-order valence-electron chi connectivity index (χ4n) is 1.77. The van der Waals surface area contributed by atoms with E-state index in [2.05, 4.69) is 20.1 Å². The first kappa shape index (κ1) is 12.5. The van der Waals surface area contributed by atoms with Gasteiger partial charge in [-0.3, -0.25) is 4.72 Å². The first-order valence-electron chi connectivity index (χ1n) is 5.64. The molecule has 6 nitrogen and oxygen atoms in total. The van der Waals surface area contributed by atoms with Gasteiger partial charge in [0.25, 0.3) is 10.0 Å². The molecular formula is C12H9FN4O2S. The van der Waals surface area contributed by atoms with E-state index >= 15 is 0 Å². The molecule has 0 saturated heterocycles. The maximum Gasteiger partial charge on any atom is 0.261 e. The van der Waals surface area contributed by atoms with E-state index in [4.69, 9.17) is 0 Å². The molecule has 0 amide bonds. The molecule has 0 spiro atoms. The van der Waals surface area contributed by atoms with Crippen LogP contribution in [0.15, 0.2) is 47.4 Å². The van der Waals surface area contributed by atoms with Crippen molar-refractivity contribution in [2.24, 2.45) is 0 Å². The van der Waals surface area contributed by atoms with E-state index in [0.717, 1.165) is 12.1 Å². The average Bonchev–Trinajstić information content (AvgIpc) is 2.88. The van der Waals surface area contributed by atoms with E-state index in [9.17, 15) is 12.8 Å². The van der Waals surface area contributed by atoms with Crippen LogP contribution in [0.2, 0.25) is 0 Å². The third kappa shape index (κ3) is 2.21. The molecule has 2 aromatic carbocycles. The van der Waals surface area contributed by atoms with Gasteiger partial charge in [-0.1, -0.05) is 6.07 Å². The zero-order chi connectivity index (χ0) is 14.2. The van der Waals surface area contributed by atoms with Gasteiger partial charge in [0.05, 0.1) is 10.6 Å². The van der Waals surface area contributed by atoms with Crippen LogP contribution in [0, 0.1) is 5.82 Å². The summed E-state index contributed by atoms with van der Waals surface area (Å²) >= 11 is 0. The predicted molar refractivity (Wildman–Crippen MR) is 71.1 cm³/mol. The highest BCUT2D eigenvalue weighted by Crippen LogP contribution is 2.22. The van der Waals surface area contributed by atoms with E-state index in [-0.39, 0.29) is 4.90 Å². The molecule has 0 radical (unpaired) electrons. The highest BCUT2D eigenvalue weighted by Gasteiger charge is 2.16. The number of hydrogen-bond acceptors (Lipinski definition) is 4. The normalized spacial score (nSPS) is 11.7. The number of nitrogens with one attached hydrogen (secondary N) is 2. The van der Waals surface area contributed by atoms with Crippen molar-refractivity contribution in [3.8, 4) is 0 Å². The van der Waals surface area contributed by atoms with Gasteiger partial charge in [0, 0.05) is 0 Å². The van der Waals surface area contributed by atoms with Crippen molar-refractivity contribution in [2.45, 2.75) is 4.90 Å². The molecule has 0 bridgehead atoms. The minimum absolute atomic E-state index is 0.0283. The summed E-state index contributed by atoms with van der Waals surface area (Å²) in [7, 11) is -3.80. The second-order valence-corrected chi connectivity index (χ2v) is 5.74. The molecule has 0 aliphatic carbocycles. The number of hydrogen-bond donors (Lipinski definition) is 2. The lowest BCUT2D eigenvalue weighted by Gasteiger charge is -2.08. The molecule has 3 rings (SSSR count). The van der Waals surface area contributed by atoms with Gasteiger partial charge in [0.15, 0.2) is 0 Å². The van der Waals surface area contributed by atoms with Gasteiger partial charge in [-0.05, 0) is 36.4 Å². The Morgan fingerprint density at radius 3 is 2.55 bits per heavy atom. The number of rotatable bonds is 3. The molecule has 1 aromatic heterocycles. The Kier molecular flexibility index (Phi) is 2.87. The molecule has 0 atom stereocenters. The number of H-pyrrole nitrogens is 1. The van der Waals surface area contributed by atoms with Crippen molar-refractivity contribution in [2.75, 3.05) is 4.72 Å². The summed E-state index contributed by atoms with van der Waals surface area (Å²) in [5, 5.41) is 10.2. The van der Waals surface area contributed by atoms with E-state index in [0.29, 0.717) is 16.7 Å². The summed E-state index contributed by atoms with van der Waals surface area (Å²) in [5.41, 5.74) is 1.27. The second-order valence-electron chi connectivity index (χ2n) is 4.06. The maximum absolute atomic E-state index is 12.8. The van der Waals surface area contributed by atoms with Gasteiger partial charge in [-0.15, -0.1) is 0 Å². The first-order valence-corrected chi connectivity index (χ1v) is 7.12. The first-order chi connectivity index (χ1) is 9.56. The summed E-state index contributed by atoms with van der Waals surface area (Å²) in [6, 6.07) is 9.51. The molecule has 0 fully saturated rings. The molecule has 0 unspecified atom stereocenters. The lowest BCUT2D eigenvalue weighted by molar-refractivity contribution is 0.599. The van der Waals surface area contributed by atoms with Crippen LogP contribution in [-0.4, -0.2) is 23.8 Å². The Hall–Kier alpha value is -2.48.